The average molecular weight is 304 g/mol. The zero-order valence-corrected chi connectivity index (χ0v) is 13.2. The second-order valence-corrected chi connectivity index (χ2v) is 6.63. The van der Waals surface area contributed by atoms with Gasteiger partial charge in [0.15, 0.2) is 0 Å². The standard InChI is InChI=1S/C19H22F2O/c1-13(12-19(2,3)22)10-17(18(20)21)16-9-8-14-6-4-5-7-15(14)11-16/h4-9,11,13,22H,10,12H2,1-3H3. The van der Waals surface area contributed by atoms with Gasteiger partial charge in [0.25, 0.3) is 6.08 Å². The normalized spacial score (nSPS) is 13.2. The molecule has 0 amide bonds. The maximum atomic E-state index is 13.4. The van der Waals surface area contributed by atoms with Crippen LogP contribution in [0, 0.1) is 5.92 Å². The molecule has 0 aliphatic heterocycles. The van der Waals surface area contributed by atoms with Crippen LogP contribution in [0.3, 0.4) is 0 Å². The van der Waals surface area contributed by atoms with Gasteiger partial charge in [-0.05, 0) is 55.0 Å². The van der Waals surface area contributed by atoms with Gasteiger partial charge in [-0.2, -0.15) is 8.78 Å². The maximum Gasteiger partial charge on any atom is 0.274 e. The Hall–Kier alpha value is -1.74. The van der Waals surface area contributed by atoms with Crippen LogP contribution in [0.15, 0.2) is 48.5 Å². The second kappa shape index (κ2) is 6.57. The highest BCUT2D eigenvalue weighted by Crippen LogP contribution is 2.32. The average Bonchev–Trinajstić information content (AvgIpc) is 2.42. The van der Waals surface area contributed by atoms with Crippen LogP contribution in [0.1, 0.15) is 39.2 Å². The van der Waals surface area contributed by atoms with Crippen LogP contribution in [0.2, 0.25) is 0 Å². The summed E-state index contributed by atoms with van der Waals surface area (Å²) in [6, 6.07) is 13.1. The lowest BCUT2D eigenvalue weighted by molar-refractivity contribution is 0.0559. The lowest BCUT2D eigenvalue weighted by Gasteiger charge is -2.23. The van der Waals surface area contributed by atoms with Crippen LogP contribution in [0.4, 0.5) is 8.78 Å². The summed E-state index contributed by atoms with van der Waals surface area (Å²) in [5.74, 6) is -0.0250. The van der Waals surface area contributed by atoms with Crippen molar-refractivity contribution in [1.82, 2.24) is 0 Å². The molecule has 0 radical (unpaired) electrons. The third kappa shape index (κ3) is 4.38. The van der Waals surface area contributed by atoms with Gasteiger partial charge in [-0.25, -0.2) is 0 Å². The van der Waals surface area contributed by atoms with E-state index >= 15 is 0 Å². The number of hydrogen-bond acceptors (Lipinski definition) is 1. The summed E-state index contributed by atoms with van der Waals surface area (Å²) in [4.78, 5) is 0. The van der Waals surface area contributed by atoms with Gasteiger partial charge >= 0.3 is 0 Å². The van der Waals surface area contributed by atoms with Crippen LogP contribution >= 0.6 is 0 Å². The molecule has 2 aromatic carbocycles. The highest BCUT2D eigenvalue weighted by atomic mass is 19.3. The lowest BCUT2D eigenvalue weighted by Crippen LogP contribution is -2.22. The summed E-state index contributed by atoms with van der Waals surface area (Å²) in [7, 11) is 0. The SMILES string of the molecule is CC(CC(=C(F)F)c1ccc2ccccc2c1)CC(C)(C)O. The second-order valence-electron chi connectivity index (χ2n) is 6.63. The molecule has 0 aliphatic rings. The van der Waals surface area contributed by atoms with E-state index in [-0.39, 0.29) is 17.9 Å². The van der Waals surface area contributed by atoms with E-state index < -0.39 is 11.7 Å². The molecular formula is C19H22F2O. The van der Waals surface area contributed by atoms with Crippen LogP contribution in [0.5, 0.6) is 0 Å². The van der Waals surface area contributed by atoms with Gasteiger partial charge in [0.05, 0.1) is 5.60 Å². The molecule has 3 heteroatoms. The molecule has 2 rings (SSSR count). The molecular weight excluding hydrogens is 282 g/mol. The molecule has 1 nitrogen and oxygen atoms in total. The highest BCUT2D eigenvalue weighted by Gasteiger charge is 2.20. The van der Waals surface area contributed by atoms with Crippen LogP contribution in [-0.2, 0) is 0 Å². The molecule has 0 saturated carbocycles. The third-order valence-corrected chi connectivity index (χ3v) is 3.73. The van der Waals surface area contributed by atoms with E-state index in [2.05, 4.69) is 0 Å². The van der Waals surface area contributed by atoms with Crippen molar-refractivity contribution in [2.75, 3.05) is 0 Å². The summed E-state index contributed by atoms with van der Waals surface area (Å²) >= 11 is 0. The fraction of sp³-hybridized carbons (Fsp3) is 0.368. The van der Waals surface area contributed by atoms with Gasteiger partial charge in [0, 0.05) is 5.57 Å². The largest absolute Gasteiger partial charge is 0.390 e. The monoisotopic (exact) mass is 304 g/mol. The Bertz CT molecular complexity index is 679. The fourth-order valence-electron chi connectivity index (χ4n) is 2.95. The molecule has 0 aliphatic carbocycles. The number of fused-ring (bicyclic) bond motifs is 1. The number of hydrogen-bond donors (Lipinski definition) is 1. The van der Waals surface area contributed by atoms with Gasteiger partial charge in [0.2, 0.25) is 0 Å². The minimum Gasteiger partial charge on any atom is -0.390 e. The van der Waals surface area contributed by atoms with Crippen molar-refractivity contribution in [2.24, 2.45) is 5.92 Å². The van der Waals surface area contributed by atoms with Crippen molar-refractivity contribution in [1.29, 1.82) is 0 Å². The van der Waals surface area contributed by atoms with Crippen molar-refractivity contribution in [3.8, 4) is 0 Å². The number of aliphatic hydroxyl groups is 1. The first-order valence-electron chi connectivity index (χ1n) is 7.52. The predicted molar refractivity (Wildman–Crippen MR) is 87.8 cm³/mol. The Kier molecular flexibility index (Phi) is 4.97. The van der Waals surface area contributed by atoms with Crippen molar-refractivity contribution < 1.29 is 13.9 Å². The van der Waals surface area contributed by atoms with Gasteiger partial charge in [-0.1, -0.05) is 43.3 Å². The summed E-state index contributed by atoms with van der Waals surface area (Å²) in [6.45, 7) is 5.30. The molecule has 0 fully saturated rings. The molecule has 0 bridgehead atoms. The van der Waals surface area contributed by atoms with Crippen LogP contribution in [-0.4, -0.2) is 10.7 Å². The summed E-state index contributed by atoms with van der Waals surface area (Å²) in [6.07, 6.45) is -0.903. The van der Waals surface area contributed by atoms with Gasteiger partial charge in [-0.15, -0.1) is 0 Å². The minimum absolute atomic E-state index is 0.0250. The van der Waals surface area contributed by atoms with Crippen molar-refractivity contribution in [3.05, 3.63) is 54.1 Å². The van der Waals surface area contributed by atoms with Crippen LogP contribution in [0.25, 0.3) is 16.3 Å². The number of rotatable bonds is 5. The quantitative estimate of drug-likeness (QED) is 0.758. The summed E-state index contributed by atoms with van der Waals surface area (Å²) in [5, 5.41) is 11.8. The first kappa shape index (κ1) is 16.6. The number of benzene rings is 2. The van der Waals surface area contributed by atoms with E-state index in [9.17, 15) is 13.9 Å². The van der Waals surface area contributed by atoms with Gasteiger partial charge < -0.3 is 5.11 Å². The zero-order chi connectivity index (χ0) is 16.3. The first-order valence-corrected chi connectivity index (χ1v) is 7.52. The van der Waals surface area contributed by atoms with E-state index in [1.165, 1.54) is 0 Å². The van der Waals surface area contributed by atoms with Crippen molar-refractivity contribution in [2.45, 2.75) is 39.2 Å². The van der Waals surface area contributed by atoms with E-state index in [1.54, 1.807) is 26.0 Å². The number of halogens is 2. The van der Waals surface area contributed by atoms with E-state index in [0.29, 0.717) is 12.0 Å². The fourth-order valence-corrected chi connectivity index (χ4v) is 2.95. The maximum absolute atomic E-state index is 13.4. The third-order valence-electron chi connectivity index (χ3n) is 3.73. The highest BCUT2D eigenvalue weighted by molar-refractivity contribution is 5.86. The van der Waals surface area contributed by atoms with Gasteiger partial charge in [0.1, 0.15) is 0 Å². The molecule has 1 atom stereocenters. The van der Waals surface area contributed by atoms with E-state index in [0.717, 1.165) is 10.8 Å². The van der Waals surface area contributed by atoms with E-state index in [1.807, 2.05) is 37.3 Å². The molecule has 118 valence electrons. The molecule has 22 heavy (non-hydrogen) atoms. The molecule has 2 aromatic rings. The predicted octanol–water partition coefficient (Wildman–Crippen LogP) is 5.63. The van der Waals surface area contributed by atoms with Gasteiger partial charge in [-0.3, -0.25) is 0 Å². The summed E-state index contributed by atoms with van der Waals surface area (Å²) in [5.41, 5.74) is -0.218. The minimum atomic E-state index is -1.64. The first-order chi connectivity index (χ1) is 10.3. The molecule has 1 unspecified atom stereocenters. The Labute approximate surface area is 130 Å². The smallest absolute Gasteiger partial charge is 0.274 e. The molecule has 0 aromatic heterocycles. The van der Waals surface area contributed by atoms with Crippen molar-refractivity contribution in [3.63, 3.8) is 0 Å². The topological polar surface area (TPSA) is 20.2 Å². The molecule has 0 saturated heterocycles. The Morgan fingerprint density at radius 1 is 1.09 bits per heavy atom. The van der Waals surface area contributed by atoms with E-state index in [4.69, 9.17) is 0 Å². The molecule has 0 spiro atoms. The Morgan fingerprint density at radius 2 is 1.73 bits per heavy atom. The Morgan fingerprint density at radius 3 is 2.32 bits per heavy atom. The molecule has 0 heterocycles. The lowest BCUT2D eigenvalue weighted by atomic mass is 9.88. The van der Waals surface area contributed by atoms with Crippen molar-refractivity contribution >= 4 is 16.3 Å². The Balaban J connectivity index is 2.29. The van der Waals surface area contributed by atoms with Crippen LogP contribution < -0.4 is 0 Å². The number of allylic oxidation sites excluding steroid dienone is 1. The molecule has 1 N–H and O–H groups in total. The summed E-state index contributed by atoms with van der Waals surface area (Å²) < 4.78 is 26.8. The zero-order valence-electron chi connectivity index (χ0n) is 13.2.